The van der Waals surface area contributed by atoms with Crippen LogP contribution in [0.2, 0.25) is 0 Å². The summed E-state index contributed by atoms with van der Waals surface area (Å²) in [5.74, 6) is -4.35. The lowest BCUT2D eigenvalue weighted by molar-refractivity contribution is -0.138. The maximum Gasteiger partial charge on any atom is 0.417 e. The van der Waals surface area contributed by atoms with Crippen LogP contribution >= 0.6 is 0 Å². The molecule has 4 nitrogen and oxygen atoms in total. The first-order valence-corrected chi connectivity index (χ1v) is 8.32. The van der Waals surface area contributed by atoms with E-state index >= 15 is 0 Å². The minimum absolute atomic E-state index is 0.130. The smallest absolute Gasteiger partial charge is 0.417 e. The molecule has 1 aliphatic carbocycles. The number of benzene rings is 1. The molecule has 0 bridgehead atoms. The molecule has 1 unspecified atom stereocenters. The molecule has 0 amide bonds. The van der Waals surface area contributed by atoms with Gasteiger partial charge in [-0.2, -0.15) is 26.3 Å². The van der Waals surface area contributed by atoms with E-state index in [1.165, 1.54) is 6.92 Å². The first-order chi connectivity index (χ1) is 13.2. The van der Waals surface area contributed by atoms with Gasteiger partial charge in [0.25, 0.3) is 0 Å². The van der Waals surface area contributed by atoms with Gasteiger partial charge in [0.05, 0.1) is 16.7 Å². The van der Waals surface area contributed by atoms with Crippen molar-refractivity contribution in [3.8, 4) is 5.75 Å². The van der Waals surface area contributed by atoms with Gasteiger partial charge in [0.15, 0.2) is 12.4 Å². The lowest BCUT2D eigenvalue weighted by Gasteiger charge is -2.24. The molecule has 0 aliphatic heterocycles. The molecule has 0 aromatic heterocycles. The molecule has 0 saturated heterocycles. The number of halogens is 6. The second kappa shape index (κ2) is 7.92. The number of ether oxygens (including phenoxy) is 1. The zero-order valence-corrected chi connectivity index (χ0v) is 15.2. The van der Waals surface area contributed by atoms with Crippen LogP contribution in [-0.2, 0) is 11.0 Å². The van der Waals surface area contributed by atoms with Gasteiger partial charge in [0.1, 0.15) is 11.5 Å². The monoisotopic (exact) mass is 422 g/mol. The fourth-order valence-corrected chi connectivity index (χ4v) is 2.93. The summed E-state index contributed by atoms with van der Waals surface area (Å²) < 4.78 is 83.0. The maximum absolute atomic E-state index is 13.1. The van der Waals surface area contributed by atoms with Gasteiger partial charge in [-0.25, -0.2) is 0 Å². The summed E-state index contributed by atoms with van der Waals surface area (Å²) in [6.07, 6.45) is -8.58. The molecule has 0 saturated carbocycles. The van der Waals surface area contributed by atoms with Crippen molar-refractivity contribution in [3.63, 3.8) is 0 Å². The number of allylic oxidation sites excluding steroid dienone is 3. The van der Waals surface area contributed by atoms with E-state index in [4.69, 9.17) is 4.74 Å². The van der Waals surface area contributed by atoms with Crippen LogP contribution in [0.25, 0.3) is 0 Å². The van der Waals surface area contributed by atoms with Gasteiger partial charge < -0.3 is 9.84 Å². The fraction of sp³-hybridized carbons (Fsp3) is 0.368. The van der Waals surface area contributed by atoms with Crippen LogP contribution in [0, 0.1) is 5.92 Å². The number of carbonyl (C=O) groups is 2. The van der Waals surface area contributed by atoms with Crippen LogP contribution in [0.15, 0.2) is 41.2 Å². The average Bonchev–Trinajstić information content (AvgIpc) is 2.57. The van der Waals surface area contributed by atoms with Gasteiger partial charge in [-0.05, 0) is 37.5 Å². The van der Waals surface area contributed by atoms with Crippen molar-refractivity contribution in [1.82, 2.24) is 0 Å². The number of rotatable bonds is 5. The van der Waals surface area contributed by atoms with Gasteiger partial charge in [0.2, 0.25) is 5.78 Å². The highest BCUT2D eigenvalue weighted by Crippen LogP contribution is 2.40. The highest BCUT2D eigenvalue weighted by molar-refractivity contribution is 6.00. The van der Waals surface area contributed by atoms with E-state index in [1.807, 2.05) is 0 Å². The van der Waals surface area contributed by atoms with E-state index in [2.05, 4.69) is 0 Å². The van der Waals surface area contributed by atoms with Crippen molar-refractivity contribution in [2.24, 2.45) is 5.92 Å². The molecule has 1 atom stereocenters. The molecule has 0 spiro atoms. The Labute approximate surface area is 161 Å². The van der Waals surface area contributed by atoms with E-state index in [1.54, 1.807) is 0 Å². The molecule has 1 aromatic rings. The maximum atomic E-state index is 13.1. The van der Waals surface area contributed by atoms with Crippen molar-refractivity contribution >= 4 is 11.6 Å². The molecule has 2 rings (SSSR count). The zero-order valence-electron chi connectivity index (χ0n) is 15.2. The minimum Gasteiger partial charge on any atom is -0.507 e. The number of ketones is 2. The summed E-state index contributed by atoms with van der Waals surface area (Å²) in [6.45, 7) is 1.34. The van der Waals surface area contributed by atoms with E-state index < -0.39 is 64.5 Å². The molecular weight excluding hydrogens is 406 g/mol. The molecule has 0 fully saturated rings. The summed E-state index contributed by atoms with van der Waals surface area (Å²) in [4.78, 5) is 23.7. The van der Waals surface area contributed by atoms with Gasteiger partial charge in [-0.3, -0.25) is 9.59 Å². The van der Waals surface area contributed by atoms with E-state index in [-0.39, 0.29) is 12.2 Å². The summed E-state index contributed by atoms with van der Waals surface area (Å²) in [5, 5.41) is 9.89. The molecule has 1 aromatic carbocycles. The first kappa shape index (κ1) is 22.5. The molecule has 0 radical (unpaired) electrons. The van der Waals surface area contributed by atoms with Crippen molar-refractivity contribution in [1.29, 1.82) is 0 Å². The summed E-state index contributed by atoms with van der Waals surface area (Å²) in [7, 11) is 0. The van der Waals surface area contributed by atoms with Gasteiger partial charge in [0, 0.05) is 5.56 Å². The SMILES string of the molecule is CC(=O)c1cc(OCC(=O)C2=CCC(C)C(C(F)(F)F)=C2O)ccc1C(F)(F)F. The largest absolute Gasteiger partial charge is 0.507 e. The fourth-order valence-electron chi connectivity index (χ4n) is 2.93. The van der Waals surface area contributed by atoms with Gasteiger partial charge >= 0.3 is 12.4 Å². The predicted molar refractivity (Wildman–Crippen MR) is 89.5 cm³/mol. The molecule has 29 heavy (non-hydrogen) atoms. The van der Waals surface area contributed by atoms with Crippen LogP contribution in [0.1, 0.15) is 36.2 Å². The van der Waals surface area contributed by atoms with Crippen molar-refractivity contribution in [2.45, 2.75) is 32.6 Å². The van der Waals surface area contributed by atoms with Gasteiger partial charge in [-0.1, -0.05) is 13.0 Å². The third kappa shape index (κ3) is 4.99. The van der Waals surface area contributed by atoms with Crippen LogP contribution < -0.4 is 4.74 Å². The standard InChI is InChI=1S/C19H16F6O4/c1-9-3-5-12(17(28)16(9)19(23,24)25)15(27)8-29-11-4-6-14(18(20,21)22)13(7-11)10(2)26/h4-7,9,28H,3,8H2,1-2H3. The Morgan fingerprint density at radius 3 is 2.28 bits per heavy atom. The third-order valence-corrected chi connectivity index (χ3v) is 4.33. The Morgan fingerprint density at radius 2 is 1.76 bits per heavy atom. The number of hydrogen-bond acceptors (Lipinski definition) is 4. The molecule has 10 heteroatoms. The number of aliphatic hydroxyl groups is 1. The first-order valence-electron chi connectivity index (χ1n) is 8.32. The molecular formula is C19H16F6O4. The zero-order chi connectivity index (χ0) is 22.1. The number of aliphatic hydroxyl groups excluding tert-OH is 1. The van der Waals surface area contributed by atoms with E-state index in [9.17, 15) is 41.0 Å². The summed E-state index contributed by atoms with van der Waals surface area (Å²) in [6, 6.07) is 2.29. The Morgan fingerprint density at radius 1 is 1.14 bits per heavy atom. The van der Waals surface area contributed by atoms with Gasteiger partial charge in [-0.15, -0.1) is 0 Å². The Hall–Kier alpha value is -2.78. The number of hydrogen-bond donors (Lipinski definition) is 1. The van der Waals surface area contributed by atoms with Crippen LogP contribution in [0.3, 0.4) is 0 Å². The van der Waals surface area contributed by atoms with Crippen molar-refractivity contribution in [2.75, 3.05) is 6.61 Å². The lowest BCUT2D eigenvalue weighted by atomic mass is 9.86. The van der Waals surface area contributed by atoms with E-state index in [0.29, 0.717) is 6.07 Å². The second-order valence-corrected chi connectivity index (χ2v) is 6.49. The summed E-state index contributed by atoms with van der Waals surface area (Å²) in [5.41, 5.74) is -3.65. The highest BCUT2D eigenvalue weighted by Gasteiger charge is 2.43. The number of alkyl halides is 6. The molecule has 0 heterocycles. The number of carbonyl (C=O) groups excluding carboxylic acids is 2. The van der Waals surface area contributed by atoms with Crippen molar-refractivity contribution < 1.29 is 45.8 Å². The third-order valence-electron chi connectivity index (χ3n) is 4.33. The topological polar surface area (TPSA) is 63.6 Å². The average molecular weight is 422 g/mol. The normalized spacial score (nSPS) is 17.8. The second-order valence-electron chi connectivity index (χ2n) is 6.49. The molecule has 1 N–H and O–H groups in total. The molecule has 1 aliphatic rings. The Kier molecular flexibility index (Phi) is 6.15. The number of Topliss-reactive ketones (excluding diaryl/α,β-unsaturated/α-hetero) is 2. The predicted octanol–water partition coefficient (Wildman–Crippen LogP) is 5.20. The summed E-state index contributed by atoms with van der Waals surface area (Å²) >= 11 is 0. The van der Waals surface area contributed by atoms with E-state index in [0.717, 1.165) is 25.1 Å². The van der Waals surface area contributed by atoms with Crippen molar-refractivity contribution in [3.05, 3.63) is 52.3 Å². The Bertz CT molecular complexity index is 893. The minimum atomic E-state index is -4.83. The molecule has 158 valence electrons. The van der Waals surface area contributed by atoms with Crippen LogP contribution in [-0.4, -0.2) is 29.5 Å². The van der Waals surface area contributed by atoms with Crippen LogP contribution in [0.4, 0.5) is 26.3 Å². The Balaban J connectivity index is 2.22. The van der Waals surface area contributed by atoms with Crippen LogP contribution in [0.5, 0.6) is 5.75 Å². The quantitative estimate of drug-likeness (QED) is 0.524. The lowest BCUT2D eigenvalue weighted by Crippen LogP contribution is -2.26. The highest BCUT2D eigenvalue weighted by atomic mass is 19.4.